The third kappa shape index (κ3) is 6.16. The molecule has 0 radical (unpaired) electrons. The van der Waals surface area contributed by atoms with Crippen molar-refractivity contribution in [3.63, 3.8) is 0 Å². The summed E-state index contributed by atoms with van der Waals surface area (Å²) in [4.78, 5) is 26.5. The molecule has 1 saturated heterocycles. The summed E-state index contributed by atoms with van der Waals surface area (Å²) in [5.74, 6) is 0.720. The van der Waals surface area contributed by atoms with Crippen LogP contribution in [0.1, 0.15) is 37.8 Å². The van der Waals surface area contributed by atoms with Gasteiger partial charge < -0.3 is 10.6 Å². The number of carbonyl (C=O) groups is 2. The molecule has 138 valence electrons. The summed E-state index contributed by atoms with van der Waals surface area (Å²) in [6.45, 7) is 10.9. The molecule has 0 atom stereocenters. The van der Waals surface area contributed by atoms with E-state index in [1.165, 1.54) is 5.56 Å². The van der Waals surface area contributed by atoms with E-state index in [9.17, 15) is 9.59 Å². The van der Waals surface area contributed by atoms with E-state index >= 15 is 0 Å². The average Bonchev–Trinajstić information content (AvgIpc) is 2.56. The van der Waals surface area contributed by atoms with Gasteiger partial charge in [0, 0.05) is 18.2 Å². The van der Waals surface area contributed by atoms with Crippen LogP contribution >= 0.6 is 0 Å². The van der Waals surface area contributed by atoms with Gasteiger partial charge in [0.05, 0.1) is 6.54 Å². The van der Waals surface area contributed by atoms with E-state index in [4.69, 9.17) is 0 Å². The summed E-state index contributed by atoms with van der Waals surface area (Å²) >= 11 is 0. The van der Waals surface area contributed by atoms with Gasteiger partial charge in [0.15, 0.2) is 0 Å². The minimum absolute atomic E-state index is 0.00895. The lowest BCUT2D eigenvalue weighted by Crippen LogP contribution is -2.43. The van der Waals surface area contributed by atoms with Crippen LogP contribution in [0.5, 0.6) is 0 Å². The largest absolute Gasteiger partial charge is 0.356 e. The van der Waals surface area contributed by atoms with Crippen LogP contribution in [0, 0.1) is 25.7 Å². The van der Waals surface area contributed by atoms with Crippen molar-refractivity contribution in [1.82, 2.24) is 10.2 Å². The number of piperidine rings is 1. The molecule has 2 N–H and O–H groups in total. The molecule has 1 aliphatic heterocycles. The van der Waals surface area contributed by atoms with Gasteiger partial charge in [-0.05, 0) is 57.3 Å². The van der Waals surface area contributed by atoms with Gasteiger partial charge in [-0.1, -0.05) is 31.5 Å². The smallest absolute Gasteiger partial charge is 0.238 e. The van der Waals surface area contributed by atoms with E-state index in [1.54, 1.807) is 0 Å². The summed E-state index contributed by atoms with van der Waals surface area (Å²) < 4.78 is 0. The van der Waals surface area contributed by atoms with E-state index in [0.29, 0.717) is 12.5 Å². The molecule has 0 unspecified atom stereocenters. The van der Waals surface area contributed by atoms with Gasteiger partial charge in [-0.2, -0.15) is 0 Å². The fourth-order valence-electron chi connectivity index (χ4n) is 3.15. The first-order valence-corrected chi connectivity index (χ1v) is 9.22. The molecule has 5 heteroatoms. The molecular formula is C20H31N3O2. The lowest BCUT2D eigenvalue weighted by atomic mass is 9.95. The monoisotopic (exact) mass is 345 g/mol. The SMILES string of the molecule is Cc1ccc(NC(=O)CN2CCC(C(=O)NCC(C)C)CC2)c(C)c1. The molecule has 1 aliphatic rings. The van der Waals surface area contributed by atoms with E-state index in [1.807, 2.05) is 26.0 Å². The van der Waals surface area contributed by atoms with Gasteiger partial charge in [-0.25, -0.2) is 0 Å². The van der Waals surface area contributed by atoms with Gasteiger partial charge >= 0.3 is 0 Å². The second-order valence-electron chi connectivity index (χ2n) is 7.56. The van der Waals surface area contributed by atoms with Crippen molar-refractivity contribution in [2.75, 3.05) is 31.5 Å². The topological polar surface area (TPSA) is 61.4 Å². The predicted octanol–water partition coefficient (Wildman–Crippen LogP) is 2.73. The summed E-state index contributed by atoms with van der Waals surface area (Å²) in [6.07, 6.45) is 1.64. The van der Waals surface area contributed by atoms with E-state index in [-0.39, 0.29) is 17.7 Å². The first-order valence-electron chi connectivity index (χ1n) is 9.22. The molecule has 0 bridgehead atoms. The van der Waals surface area contributed by atoms with Crippen molar-refractivity contribution < 1.29 is 9.59 Å². The number of nitrogens with zero attached hydrogens (tertiary/aromatic N) is 1. The lowest BCUT2D eigenvalue weighted by Gasteiger charge is -2.30. The number of nitrogens with one attached hydrogen (secondary N) is 2. The fraction of sp³-hybridized carbons (Fsp3) is 0.600. The number of amides is 2. The Bertz CT molecular complexity index is 605. The number of hydrogen-bond donors (Lipinski definition) is 2. The highest BCUT2D eigenvalue weighted by Gasteiger charge is 2.25. The molecular weight excluding hydrogens is 314 g/mol. The molecule has 0 saturated carbocycles. The number of aryl methyl sites for hydroxylation is 2. The van der Waals surface area contributed by atoms with Gasteiger partial charge in [-0.15, -0.1) is 0 Å². The van der Waals surface area contributed by atoms with Crippen LogP contribution < -0.4 is 10.6 Å². The number of hydrogen-bond acceptors (Lipinski definition) is 3. The normalized spacial score (nSPS) is 16.0. The van der Waals surface area contributed by atoms with Crippen molar-refractivity contribution in [2.24, 2.45) is 11.8 Å². The molecule has 1 heterocycles. The summed E-state index contributed by atoms with van der Waals surface area (Å²) in [5.41, 5.74) is 3.14. The van der Waals surface area contributed by atoms with Crippen LogP contribution in [0.15, 0.2) is 18.2 Å². The zero-order valence-corrected chi connectivity index (χ0v) is 15.9. The Hall–Kier alpha value is -1.88. The Kier molecular flexibility index (Phi) is 7.00. The van der Waals surface area contributed by atoms with Crippen molar-refractivity contribution in [2.45, 2.75) is 40.5 Å². The second kappa shape index (κ2) is 8.99. The Morgan fingerprint density at radius 3 is 2.48 bits per heavy atom. The van der Waals surface area contributed by atoms with Crippen LogP contribution in [-0.2, 0) is 9.59 Å². The van der Waals surface area contributed by atoms with Crippen molar-refractivity contribution in [1.29, 1.82) is 0 Å². The zero-order chi connectivity index (χ0) is 18.4. The number of anilines is 1. The van der Waals surface area contributed by atoms with Crippen LogP contribution in [0.3, 0.4) is 0 Å². The van der Waals surface area contributed by atoms with Crippen LogP contribution in [0.25, 0.3) is 0 Å². The fourth-order valence-corrected chi connectivity index (χ4v) is 3.15. The van der Waals surface area contributed by atoms with Gasteiger partial charge in [0.25, 0.3) is 0 Å². The molecule has 2 rings (SSSR count). The highest BCUT2D eigenvalue weighted by molar-refractivity contribution is 5.93. The lowest BCUT2D eigenvalue weighted by molar-refractivity contribution is -0.126. The number of carbonyl (C=O) groups excluding carboxylic acids is 2. The van der Waals surface area contributed by atoms with Gasteiger partial charge in [0.2, 0.25) is 11.8 Å². The molecule has 1 aromatic carbocycles. The van der Waals surface area contributed by atoms with Crippen LogP contribution in [-0.4, -0.2) is 42.9 Å². The summed E-state index contributed by atoms with van der Waals surface area (Å²) in [6, 6.07) is 6.02. The van der Waals surface area contributed by atoms with Gasteiger partial charge in [0.1, 0.15) is 0 Å². The first kappa shape index (κ1) is 19.4. The van der Waals surface area contributed by atoms with Crippen molar-refractivity contribution in [3.8, 4) is 0 Å². The quantitative estimate of drug-likeness (QED) is 0.833. The van der Waals surface area contributed by atoms with Crippen molar-refractivity contribution >= 4 is 17.5 Å². The number of likely N-dealkylation sites (tertiary alicyclic amines) is 1. The third-order valence-electron chi connectivity index (χ3n) is 4.67. The molecule has 1 fully saturated rings. The standard InChI is InChI=1S/C20H31N3O2/c1-14(2)12-21-20(25)17-7-9-23(10-8-17)13-19(24)22-18-6-5-15(3)11-16(18)4/h5-6,11,14,17H,7-10,12-13H2,1-4H3,(H,21,25)(H,22,24). The molecule has 0 aromatic heterocycles. The highest BCUT2D eigenvalue weighted by atomic mass is 16.2. The first-order chi connectivity index (χ1) is 11.8. The second-order valence-corrected chi connectivity index (χ2v) is 7.56. The third-order valence-corrected chi connectivity index (χ3v) is 4.67. The molecule has 0 spiro atoms. The van der Waals surface area contributed by atoms with Crippen LogP contribution in [0.2, 0.25) is 0 Å². The number of benzene rings is 1. The maximum atomic E-state index is 12.3. The Morgan fingerprint density at radius 1 is 1.20 bits per heavy atom. The summed E-state index contributed by atoms with van der Waals surface area (Å²) in [7, 11) is 0. The molecule has 5 nitrogen and oxygen atoms in total. The van der Waals surface area contributed by atoms with E-state index < -0.39 is 0 Å². The van der Waals surface area contributed by atoms with Crippen molar-refractivity contribution in [3.05, 3.63) is 29.3 Å². The number of rotatable bonds is 6. The van der Waals surface area contributed by atoms with E-state index in [0.717, 1.165) is 43.7 Å². The van der Waals surface area contributed by atoms with Gasteiger partial charge in [-0.3, -0.25) is 14.5 Å². The van der Waals surface area contributed by atoms with E-state index in [2.05, 4.69) is 35.4 Å². The Balaban J connectivity index is 1.75. The minimum Gasteiger partial charge on any atom is -0.356 e. The Morgan fingerprint density at radius 2 is 1.88 bits per heavy atom. The maximum absolute atomic E-state index is 12.3. The van der Waals surface area contributed by atoms with Crippen LogP contribution in [0.4, 0.5) is 5.69 Å². The molecule has 2 amide bonds. The zero-order valence-electron chi connectivity index (χ0n) is 15.9. The molecule has 25 heavy (non-hydrogen) atoms. The highest BCUT2D eigenvalue weighted by Crippen LogP contribution is 2.19. The summed E-state index contributed by atoms with van der Waals surface area (Å²) in [5, 5.41) is 6.01. The average molecular weight is 345 g/mol. The predicted molar refractivity (Wildman–Crippen MR) is 102 cm³/mol. The Labute approximate surface area is 151 Å². The molecule has 1 aromatic rings. The molecule has 0 aliphatic carbocycles. The maximum Gasteiger partial charge on any atom is 0.238 e. The minimum atomic E-state index is 0.00895.